The van der Waals surface area contributed by atoms with Crippen molar-refractivity contribution in [1.29, 1.82) is 10.5 Å². The van der Waals surface area contributed by atoms with Crippen LogP contribution < -0.4 is 5.32 Å². The molecule has 0 spiro atoms. The van der Waals surface area contributed by atoms with Gasteiger partial charge in [0.1, 0.15) is 11.4 Å². The molecule has 2 rings (SSSR count). The molecule has 1 N–H and O–H groups in total. The molecule has 0 bridgehead atoms. The van der Waals surface area contributed by atoms with Crippen molar-refractivity contribution in [3.8, 4) is 12.1 Å². The first-order chi connectivity index (χ1) is 7.27. The van der Waals surface area contributed by atoms with Crippen LogP contribution in [0.4, 0.5) is 0 Å². The molecule has 2 aliphatic rings. The van der Waals surface area contributed by atoms with E-state index in [4.69, 9.17) is 22.1 Å². The van der Waals surface area contributed by atoms with Crippen molar-refractivity contribution in [3.05, 3.63) is 23.4 Å². The summed E-state index contributed by atoms with van der Waals surface area (Å²) in [6, 6.07) is 4.31. The lowest BCUT2D eigenvalue weighted by atomic mass is 9.80. The first kappa shape index (κ1) is 10.1. The highest BCUT2D eigenvalue weighted by Crippen LogP contribution is 2.36. The van der Waals surface area contributed by atoms with Crippen molar-refractivity contribution in [2.24, 2.45) is 11.8 Å². The van der Waals surface area contributed by atoms with E-state index in [1.807, 2.05) is 6.08 Å². The van der Waals surface area contributed by atoms with Crippen LogP contribution in [0.5, 0.6) is 0 Å². The normalized spacial score (nSPS) is 33.7. The quantitative estimate of drug-likeness (QED) is 0.501. The second kappa shape index (κ2) is 3.96. The van der Waals surface area contributed by atoms with Gasteiger partial charge in [-0.3, -0.25) is 0 Å². The summed E-state index contributed by atoms with van der Waals surface area (Å²) in [5.74, 6) is -0.819. The van der Waals surface area contributed by atoms with Crippen LogP contribution in [-0.4, -0.2) is 5.50 Å². The third-order valence-corrected chi connectivity index (χ3v) is 3.22. The molecule has 3 nitrogen and oxygen atoms in total. The van der Waals surface area contributed by atoms with Gasteiger partial charge in [0, 0.05) is 5.70 Å². The molecule has 0 aromatic rings. The molecule has 0 amide bonds. The number of nitrogens with zero attached hydrogens (tertiary/aromatic N) is 2. The maximum atomic E-state index is 9.10. The zero-order chi connectivity index (χ0) is 10.8. The van der Waals surface area contributed by atoms with E-state index in [-0.39, 0.29) is 5.92 Å². The topological polar surface area (TPSA) is 59.6 Å². The Hall–Kier alpha value is -1.45. The lowest BCUT2D eigenvalue weighted by molar-refractivity contribution is 0.440. The van der Waals surface area contributed by atoms with Gasteiger partial charge in [0.15, 0.2) is 0 Å². The maximum absolute atomic E-state index is 9.10. The molecule has 1 heterocycles. The fraction of sp³-hybridized carbons (Fsp3) is 0.455. The summed E-state index contributed by atoms with van der Waals surface area (Å²) in [4.78, 5) is 0. The first-order valence-corrected chi connectivity index (χ1v) is 5.31. The van der Waals surface area contributed by atoms with Gasteiger partial charge in [-0.2, -0.15) is 10.5 Å². The Balaban J connectivity index is 2.42. The molecule has 4 heteroatoms. The second-order valence-corrected chi connectivity index (χ2v) is 4.16. The Labute approximate surface area is 93.6 Å². The summed E-state index contributed by atoms with van der Waals surface area (Å²) in [6.45, 7) is 0. The SMILES string of the molecule is N#CC1C2=C(C=CCC2)NC(Cl)C1C#N. The summed E-state index contributed by atoms with van der Waals surface area (Å²) in [7, 11) is 0. The van der Waals surface area contributed by atoms with Crippen LogP contribution in [-0.2, 0) is 0 Å². The van der Waals surface area contributed by atoms with E-state index in [9.17, 15) is 0 Å². The van der Waals surface area contributed by atoms with Gasteiger partial charge in [0.25, 0.3) is 0 Å². The smallest absolute Gasteiger partial charge is 0.119 e. The van der Waals surface area contributed by atoms with E-state index < -0.39 is 11.4 Å². The molecule has 1 aliphatic heterocycles. The summed E-state index contributed by atoms with van der Waals surface area (Å²) in [5, 5.41) is 21.2. The molecule has 15 heavy (non-hydrogen) atoms. The van der Waals surface area contributed by atoms with E-state index in [0.717, 1.165) is 24.1 Å². The number of alkyl halides is 1. The fourth-order valence-corrected chi connectivity index (χ4v) is 2.39. The van der Waals surface area contributed by atoms with E-state index in [0.29, 0.717) is 0 Å². The predicted molar refractivity (Wildman–Crippen MR) is 56.4 cm³/mol. The van der Waals surface area contributed by atoms with Crippen molar-refractivity contribution in [1.82, 2.24) is 5.32 Å². The Morgan fingerprint density at radius 3 is 2.87 bits per heavy atom. The number of allylic oxidation sites excluding steroid dienone is 3. The van der Waals surface area contributed by atoms with Crippen LogP contribution in [0.3, 0.4) is 0 Å². The molecule has 0 saturated heterocycles. The first-order valence-electron chi connectivity index (χ1n) is 4.87. The van der Waals surface area contributed by atoms with Gasteiger partial charge in [-0.1, -0.05) is 17.7 Å². The largest absolute Gasteiger partial charge is 0.368 e. The van der Waals surface area contributed by atoms with E-state index in [1.165, 1.54) is 0 Å². The summed E-state index contributed by atoms with van der Waals surface area (Å²) in [6.07, 6.45) is 5.78. The van der Waals surface area contributed by atoms with Gasteiger partial charge in [-0.25, -0.2) is 0 Å². The maximum Gasteiger partial charge on any atom is 0.119 e. The molecule has 0 fully saturated rings. The number of hydrogen-bond donors (Lipinski definition) is 1. The minimum atomic E-state index is -0.471. The van der Waals surface area contributed by atoms with Gasteiger partial charge < -0.3 is 5.32 Å². The van der Waals surface area contributed by atoms with Gasteiger partial charge in [0.2, 0.25) is 0 Å². The van der Waals surface area contributed by atoms with Crippen LogP contribution in [0.1, 0.15) is 12.8 Å². The molecular formula is C11H10ClN3. The highest BCUT2D eigenvalue weighted by Gasteiger charge is 2.37. The van der Waals surface area contributed by atoms with E-state index in [1.54, 1.807) is 0 Å². The van der Waals surface area contributed by atoms with Crippen LogP contribution in [0.15, 0.2) is 23.4 Å². The van der Waals surface area contributed by atoms with E-state index in [2.05, 4.69) is 23.5 Å². The number of nitrogens with one attached hydrogen (secondary N) is 1. The Morgan fingerprint density at radius 2 is 2.20 bits per heavy atom. The lowest BCUT2D eigenvalue weighted by Gasteiger charge is -2.33. The third kappa shape index (κ3) is 1.60. The molecule has 3 atom stereocenters. The average Bonchev–Trinajstić information content (AvgIpc) is 2.27. The monoisotopic (exact) mass is 219 g/mol. The third-order valence-electron chi connectivity index (χ3n) is 2.84. The van der Waals surface area contributed by atoms with Gasteiger partial charge in [-0.05, 0) is 24.5 Å². The molecule has 0 aromatic heterocycles. The fourth-order valence-electron chi connectivity index (χ4n) is 2.07. The summed E-state index contributed by atoms with van der Waals surface area (Å²) >= 11 is 6.02. The van der Waals surface area contributed by atoms with E-state index >= 15 is 0 Å². The van der Waals surface area contributed by atoms with Crippen LogP contribution in [0.25, 0.3) is 0 Å². The standard InChI is InChI=1S/C11H10ClN3/c12-11-9(6-14)8(5-13)7-3-1-2-4-10(7)15-11/h2,4,8-9,11,15H,1,3H2. The molecule has 0 aromatic carbocycles. The predicted octanol–water partition coefficient (Wildman–Crippen LogP) is 2.04. The summed E-state index contributed by atoms with van der Waals surface area (Å²) < 4.78 is 0. The highest BCUT2D eigenvalue weighted by atomic mass is 35.5. The lowest BCUT2D eigenvalue weighted by Crippen LogP contribution is -2.41. The number of hydrogen-bond acceptors (Lipinski definition) is 3. The number of halogens is 1. The minimum absolute atomic E-state index is 0.362. The molecule has 0 radical (unpaired) electrons. The highest BCUT2D eigenvalue weighted by molar-refractivity contribution is 6.21. The zero-order valence-corrected chi connectivity index (χ0v) is 8.83. The van der Waals surface area contributed by atoms with Crippen LogP contribution >= 0.6 is 11.6 Å². The number of rotatable bonds is 0. The molecule has 3 unspecified atom stereocenters. The Morgan fingerprint density at radius 1 is 1.40 bits per heavy atom. The van der Waals surface area contributed by atoms with Gasteiger partial charge in [0.05, 0.1) is 18.1 Å². The molecule has 0 saturated carbocycles. The van der Waals surface area contributed by atoms with Crippen molar-refractivity contribution < 1.29 is 0 Å². The van der Waals surface area contributed by atoms with Gasteiger partial charge >= 0.3 is 0 Å². The Kier molecular flexibility index (Phi) is 2.66. The van der Waals surface area contributed by atoms with Crippen molar-refractivity contribution in [3.63, 3.8) is 0 Å². The minimum Gasteiger partial charge on any atom is -0.368 e. The second-order valence-electron chi connectivity index (χ2n) is 3.69. The Bertz CT molecular complexity index is 411. The summed E-state index contributed by atoms with van der Waals surface area (Å²) in [5.41, 5.74) is 1.49. The van der Waals surface area contributed by atoms with Crippen molar-refractivity contribution in [2.45, 2.75) is 18.3 Å². The van der Waals surface area contributed by atoms with Crippen LogP contribution in [0, 0.1) is 34.5 Å². The molecule has 76 valence electrons. The van der Waals surface area contributed by atoms with Crippen molar-refractivity contribution >= 4 is 11.6 Å². The molecular weight excluding hydrogens is 210 g/mol. The molecule has 1 aliphatic carbocycles. The zero-order valence-electron chi connectivity index (χ0n) is 8.07. The van der Waals surface area contributed by atoms with Gasteiger partial charge in [-0.15, -0.1) is 0 Å². The number of nitriles is 2. The average molecular weight is 220 g/mol. The van der Waals surface area contributed by atoms with Crippen molar-refractivity contribution in [2.75, 3.05) is 0 Å². The van der Waals surface area contributed by atoms with Crippen LogP contribution in [0.2, 0.25) is 0 Å².